The molecule has 0 rings (SSSR count). The van der Waals surface area contributed by atoms with Gasteiger partial charge in [0, 0.05) is 27.8 Å². The quantitative estimate of drug-likeness (QED) is 0.427. The molecule has 0 unspecified atom stereocenters. The monoisotopic (exact) mass is 233 g/mol. The Bertz CT molecular complexity index is 148. The van der Waals surface area contributed by atoms with Gasteiger partial charge < -0.3 is 19.1 Å². The van der Waals surface area contributed by atoms with Gasteiger partial charge in [-0.1, -0.05) is 13.8 Å². The smallest absolute Gasteiger partial charge is 0.282 e. The molecular formula is C12H27NO3. The fraction of sp³-hybridized carbons (Fsp3) is 1.00. The zero-order valence-electron chi connectivity index (χ0n) is 11.4. The van der Waals surface area contributed by atoms with E-state index in [4.69, 9.17) is 14.2 Å². The summed E-state index contributed by atoms with van der Waals surface area (Å²) >= 11 is 0. The van der Waals surface area contributed by atoms with Crippen LogP contribution in [-0.4, -0.2) is 51.8 Å². The third-order valence-corrected chi connectivity index (χ3v) is 3.03. The first-order valence-electron chi connectivity index (χ1n) is 6.05. The van der Waals surface area contributed by atoms with Crippen molar-refractivity contribution in [1.82, 2.24) is 4.90 Å². The number of methoxy groups -OCH3 is 3. The summed E-state index contributed by atoms with van der Waals surface area (Å²) in [7, 11) is 4.83. The van der Waals surface area contributed by atoms with Crippen molar-refractivity contribution in [3.05, 3.63) is 0 Å². The van der Waals surface area contributed by atoms with Crippen molar-refractivity contribution in [2.24, 2.45) is 0 Å². The first-order valence-corrected chi connectivity index (χ1v) is 6.05. The van der Waals surface area contributed by atoms with E-state index in [1.54, 1.807) is 21.3 Å². The van der Waals surface area contributed by atoms with Crippen LogP contribution in [-0.2, 0) is 14.2 Å². The van der Waals surface area contributed by atoms with Gasteiger partial charge in [-0.25, -0.2) is 0 Å². The first-order chi connectivity index (χ1) is 7.67. The van der Waals surface area contributed by atoms with E-state index in [-0.39, 0.29) is 0 Å². The predicted octanol–water partition coefficient (Wildman–Crippen LogP) is 2.09. The largest absolute Gasteiger partial charge is 0.331 e. The van der Waals surface area contributed by atoms with Gasteiger partial charge in [0.25, 0.3) is 5.97 Å². The third kappa shape index (κ3) is 5.25. The molecule has 98 valence electrons. The lowest BCUT2D eigenvalue weighted by atomic mass is 10.2. The minimum Gasteiger partial charge on any atom is -0.331 e. The van der Waals surface area contributed by atoms with Gasteiger partial charge in [0.1, 0.15) is 0 Å². The molecule has 0 atom stereocenters. The molecule has 4 heteroatoms. The van der Waals surface area contributed by atoms with E-state index in [2.05, 4.69) is 18.7 Å². The maximum atomic E-state index is 5.24. The zero-order valence-corrected chi connectivity index (χ0v) is 11.4. The highest BCUT2D eigenvalue weighted by Gasteiger charge is 2.28. The SMILES string of the molecule is CCN(CC)CCCCC(OC)(OC)OC. The summed E-state index contributed by atoms with van der Waals surface area (Å²) in [6.07, 6.45) is 2.93. The van der Waals surface area contributed by atoms with Crippen LogP contribution in [0.15, 0.2) is 0 Å². The molecule has 0 bridgehead atoms. The van der Waals surface area contributed by atoms with Crippen molar-refractivity contribution in [2.45, 2.75) is 39.1 Å². The van der Waals surface area contributed by atoms with Crippen molar-refractivity contribution in [3.8, 4) is 0 Å². The normalized spacial score (nSPS) is 12.4. The summed E-state index contributed by atoms with van der Waals surface area (Å²) in [6.45, 7) is 7.72. The zero-order chi connectivity index (χ0) is 12.4. The van der Waals surface area contributed by atoms with Crippen molar-refractivity contribution in [2.75, 3.05) is 41.0 Å². The maximum Gasteiger partial charge on any atom is 0.282 e. The summed E-state index contributed by atoms with van der Waals surface area (Å²) in [6, 6.07) is 0. The molecule has 0 aromatic rings. The van der Waals surface area contributed by atoms with Crippen LogP contribution in [0.25, 0.3) is 0 Å². The molecule has 16 heavy (non-hydrogen) atoms. The van der Waals surface area contributed by atoms with Gasteiger partial charge in [0.15, 0.2) is 0 Å². The van der Waals surface area contributed by atoms with Crippen LogP contribution in [0, 0.1) is 0 Å². The molecule has 0 radical (unpaired) electrons. The Labute approximate surface area is 99.9 Å². The van der Waals surface area contributed by atoms with Gasteiger partial charge in [0.2, 0.25) is 0 Å². The van der Waals surface area contributed by atoms with Gasteiger partial charge in [0.05, 0.1) is 0 Å². The van der Waals surface area contributed by atoms with E-state index in [1.165, 1.54) is 0 Å². The Morgan fingerprint density at radius 1 is 0.875 bits per heavy atom. The lowest BCUT2D eigenvalue weighted by molar-refractivity contribution is -0.355. The molecule has 0 aliphatic carbocycles. The third-order valence-electron chi connectivity index (χ3n) is 3.03. The molecule has 0 aromatic heterocycles. The maximum absolute atomic E-state index is 5.24. The number of hydrogen-bond donors (Lipinski definition) is 0. The average Bonchev–Trinajstić information content (AvgIpc) is 2.35. The Balaban J connectivity index is 3.78. The second-order valence-electron chi connectivity index (χ2n) is 3.78. The van der Waals surface area contributed by atoms with E-state index in [9.17, 15) is 0 Å². The summed E-state index contributed by atoms with van der Waals surface area (Å²) in [5.41, 5.74) is 0. The van der Waals surface area contributed by atoms with Crippen LogP contribution in [0.4, 0.5) is 0 Å². The van der Waals surface area contributed by atoms with Crippen molar-refractivity contribution in [3.63, 3.8) is 0 Å². The van der Waals surface area contributed by atoms with Crippen LogP contribution in [0.5, 0.6) is 0 Å². The lowest BCUT2D eigenvalue weighted by Gasteiger charge is -2.29. The molecule has 0 aromatic carbocycles. The van der Waals surface area contributed by atoms with Crippen LogP contribution in [0.2, 0.25) is 0 Å². The molecule has 0 N–H and O–H groups in total. The molecule has 0 amide bonds. The summed E-state index contributed by atoms with van der Waals surface area (Å²) in [5, 5.41) is 0. The van der Waals surface area contributed by atoms with Gasteiger partial charge in [-0.15, -0.1) is 0 Å². The number of hydrogen-bond acceptors (Lipinski definition) is 4. The Hall–Kier alpha value is -0.160. The molecular weight excluding hydrogens is 206 g/mol. The van der Waals surface area contributed by atoms with Gasteiger partial charge in [-0.3, -0.25) is 0 Å². The highest BCUT2D eigenvalue weighted by molar-refractivity contribution is 4.59. The highest BCUT2D eigenvalue weighted by atomic mass is 16.9. The van der Waals surface area contributed by atoms with Crippen molar-refractivity contribution in [1.29, 1.82) is 0 Å². The fourth-order valence-corrected chi connectivity index (χ4v) is 1.77. The lowest BCUT2D eigenvalue weighted by Crippen LogP contribution is -2.36. The standard InChI is InChI=1S/C12H27NO3/c1-6-13(7-2)11-9-8-10-12(14-3,15-4)16-5/h6-11H2,1-5H3. The van der Waals surface area contributed by atoms with E-state index in [0.717, 1.165) is 38.9 Å². The second kappa shape index (κ2) is 8.93. The number of unbranched alkanes of at least 4 members (excludes halogenated alkanes) is 1. The van der Waals surface area contributed by atoms with E-state index in [1.807, 2.05) is 0 Å². The highest BCUT2D eigenvalue weighted by Crippen LogP contribution is 2.20. The molecule has 0 saturated heterocycles. The van der Waals surface area contributed by atoms with Crippen LogP contribution in [0.1, 0.15) is 33.1 Å². The predicted molar refractivity (Wildman–Crippen MR) is 65.4 cm³/mol. The molecule has 0 aliphatic rings. The topological polar surface area (TPSA) is 30.9 Å². The van der Waals surface area contributed by atoms with Gasteiger partial charge >= 0.3 is 0 Å². The van der Waals surface area contributed by atoms with Crippen LogP contribution < -0.4 is 0 Å². The first kappa shape index (κ1) is 15.8. The van der Waals surface area contributed by atoms with E-state index < -0.39 is 5.97 Å². The Kier molecular flexibility index (Phi) is 8.84. The molecule has 0 heterocycles. The molecule has 0 spiro atoms. The summed E-state index contributed by atoms with van der Waals surface area (Å²) < 4.78 is 15.7. The van der Waals surface area contributed by atoms with Crippen LogP contribution >= 0.6 is 0 Å². The van der Waals surface area contributed by atoms with E-state index >= 15 is 0 Å². The van der Waals surface area contributed by atoms with E-state index in [0.29, 0.717) is 0 Å². The second-order valence-corrected chi connectivity index (χ2v) is 3.78. The molecule has 0 saturated carbocycles. The van der Waals surface area contributed by atoms with Crippen molar-refractivity contribution >= 4 is 0 Å². The summed E-state index contributed by atoms with van der Waals surface area (Å²) in [5.74, 6) is -0.858. The number of rotatable bonds is 10. The minimum atomic E-state index is -0.858. The van der Waals surface area contributed by atoms with Crippen molar-refractivity contribution < 1.29 is 14.2 Å². The molecule has 4 nitrogen and oxygen atoms in total. The Morgan fingerprint density at radius 2 is 1.38 bits per heavy atom. The fourth-order valence-electron chi connectivity index (χ4n) is 1.77. The van der Waals surface area contributed by atoms with Crippen LogP contribution in [0.3, 0.4) is 0 Å². The minimum absolute atomic E-state index is 0.762. The molecule has 0 fully saturated rings. The number of ether oxygens (including phenoxy) is 3. The van der Waals surface area contributed by atoms with Gasteiger partial charge in [-0.2, -0.15) is 0 Å². The number of nitrogens with zero attached hydrogens (tertiary/aromatic N) is 1. The average molecular weight is 233 g/mol. The van der Waals surface area contributed by atoms with Gasteiger partial charge in [-0.05, 0) is 32.5 Å². The molecule has 0 aliphatic heterocycles. The Morgan fingerprint density at radius 3 is 1.75 bits per heavy atom. The summed E-state index contributed by atoms with van der Waals surface area (Å²) in [4.78, 5) is 2.41.